The lowest BCUT2D eigenvalue weighted by Gasteiger charge is -2.26. The largest absolute Gasteiger partial charge is 0.508 e. The van der Waals surface area contributed by atoms with Gasteiger partial charge in [0.15, 0.2) is 0 Å². The zero-order chi connectivity index (χ0) is 24.2. The van der Waals surface area contributed by atoms with Crippen molar-refractivity contribution in [1.29, 1.82) is 0 Å². The molecule has 2 heterocycles. The predicted molar refractivity (Wildman–Crippen MR) is 156 cm³/mol. The van der Waals surface area contributed by atoms with Crippen molar-refractivity contribution in [3.05, 3.63) is 78.4 Å². The van der Waals surface area contributed by atoms with Crippen LogP contribution in [0.5, 0.6) is 17.2 Å². The molecule has 4 aromatic rings. The molecule has 0 spiro atoms. The minimum atomic E-state index is 0. The highest BCUT2D eigenvalue weighted by Crippen LogP contribution is 2.35. The lowest BCUT2D eigenvalue weighted by atomic mass is 10.0. The van der Waals surface area contributed by atoms with E-state index in [1.807, 2.05) is 41.1 Å². The molecule has 0 unspecified atom stereocenters. The molecule has 1 aromatic heterocycles. The first-order chi connectivity index (χ1) is 17.1. The third kappa shape index (κ3) is 6.99. The number of aromatic nitrogens is 2. The predicted octanol–water partition coefficient (Wildman–Crippen LogP) is 5.81. The topological polar surface area (TPSA) is 102 Å². The Bertz CT molecular complexity index is 1270. The molecule has 38 heavy (non-hydrogen) atoms. The molecule has 1 fully saturated rings. The van der Waals surface area contributed by atoms with Crippen molar-refractivity contribution in [3.8, 4) is 45.5 Å². The van der Waals surface area contributed by atoms with Gasteiger partial charge in [-0.25, -0.2) is 4.68 Å². The summed E-state index contributed by atoms with van der Waals surface area (Å²) in [5.41, 5.74) is 5.65. The first-order valence-corrected chi connectivity index (χ1v) is 12.2. The Morgan fingerprint density at radius 1 is 0.763 bits per heavy atom. The van der Waals surface area contributed by atoms with Crippen molar-refractivity contribution in [2.75, 3.05) is 26.2 Å². The van der Waals surface area contributed by atoms with E-state index in [4.69, 9.17) is 9.84 Å². The Morgan fingerprint density at radius 2 is 1.32 bits per heavy atom. The molecule has 7 nitrogen and oxygen atoms in total. The number of hydrogen-bond acceptors (Lipinski definition) is 5. The van der Waals surface area contributed by atoms with Crippen LogP contribution < -0.4 is 4.74 Å². The summed E-state index contributed by atoms with van der Waals surface area (Å²) >= 11 is 0. The molecule has 9 heteroatoms. The molecular formula is C29H35Cl2N3O4. The van der Waals surface area contributed by atoms with Crippen LogP contribution in [0.1, 0.15) is 24.8 Å². The van der Waals surface area contributed by atoms with E-state index in [0.29, 0.717) is 6.61 Å². The third-order valence-electron chi connectivity index (χ3n) is 6.61. The van der Waals surface area contributed by atoms with Crippen molar-refractivity contribution >= 4 is 24.8 Å². The average Bonchev–Trinajstić information content (AvgIpc) is 3.23. The first-order valence-electron chi connectivity index (χ1n) is 12.2. The Hall–Kier alpha value is -3.23. The van der Waals surface area contributed by atoms with Crippen LogP contribution in [0.2, 0.25) is 0 Å². The maximum absolute atomic E-state index is 9.77. The molecule has 3 aromatic carbocycles. The van der Waals surface area contributed by atoms with Gasteiger partial charge in [-0.1, -0.05) is 6.42 Å². The third-order valence-corrected chi connectivity index (χ3v) is 6.61. The Kier molecular flexibility index (Phi) is 11.5. The SMILES string of the molecule is Cc1c(-c2ccc(O)cc2)nn(-c2ccc(O)cc2)c1-c1ccc(OCCN2CCCCC2)cc1.Cl.Cl.O. The van der Waals surface area contributed by atoms with Gasteiger partial charge in [0.05, 0.1) is 17.1 Å². The lowest BCUT2D eigenvalue weighted by Crippen LogP contribution is -2.33. The molecule has 1 aliphatic rings. The van der Waals surface area contributed by atoms with Crippen molar-refractivity contribution in [1.82, 2.24) is 14.7 Å². The highest BCUT2D eigenvalue weighted by atomic mass is 35.5. The zero-order valence-electron chi connectivity index (χ0n) is 21.3. The van der Waals surface area contributed by atoms with Crippen LogP contribution in [0.4, 0.5) is 0 Å². The summed E-state index contributed by atoms with van der Waals surface area (Å²) in [6.07, 6.45) is 3.91. The lowest BCUT2D eigenvalue weighted by molar-refractivity contribution is 0.183. The smallest absolute Gasteiger partial charge is 0.119 e. The van der Waals surface area contributed by atoms with Gasteiger partial charge in [-0.3, -0.25) is 4.90 Å². The van der Waals surface area contributed by atoms with Gasteiger partial charge in [-0.05, 0) is 106 Å². The van der Waals surface area contributed by atoms with E-state index >= 15 is 0 Å². The zero-order valence-corrected chi connectivity index (χ0v) is 23.0. The number of aromatic hydroxyl groups is 2. The van der Waals surface area contributed by atoms with Gasteiger partial charge in [0.1, 0.15) is 23.9 Å². The standard InChI is InChI=1S/C29H31N3O3.2ClH.H2O/c1-21-28(22-5-11-25(33)12-6-22)30-32(24-9-13-26(34)14-10-24)29(21)23-7-15-27(16-8-23)35-20-19-31-17-3-2-4-18-31;;;/h5-16,33-34H,2-4,17-20H2,1H3;2*1H;1H2. The highest BCUT2D eigenvalue weighted by molar-refractivity contribution is 5.85. The van der Waals surface area contributed by atoms with Gasteiger partial charge >= 0.3 is 0 Å². The van der Waals surface area contributed by atoms with Gasteiger partial charge in [0, 0.05) is 23.2 Å². The van der Waals surface area contributed by atoms with Crippen molar-refractivity contribution in [3.63, 3.8) is 0 Å². The van der Waals surface area contributed by atoms with Crippen LogP contribution in [0.3, 0.4) is 0 Å². The second kappa shape index (κ2) is 14.1. The summed E-state index contributed by atoms with van der Waals surface area (Å²) < 4.78 is 7.93. The molecule has 0 saturated carbocycles. The van der Waals surface area contributed by atoms with Crippen LogP contribution in [-0.4, -0.2) is 56.6 Å². The molecule has 1 aliphatic heterocycles. The summed E-state index contributed by atoms with van der Waals surface area (Å²) in [5.74, 6) is 1.29. The summed E-state index contributed by atoms with van der Waals surface area (Å²) in [6, 6.07) is 22.3. The molecule has 5 rings (SSSR count). The molecule has 0 bridgehead atoms. The van der Waals surface area contributed by atoms with Crippen molar-refractivity contribution in [2.45, 2.75) is 26.2 Å². The Labute approximate surface area is 235 Å². The van der Waals surface area contributed by atoms with Crippen LogP contribution in [-0.2, 0) is 0 Å². The molecule has 0 aliphatic carbocycles. The fourth-order valence-electron chi connectivity index (χ4n) is 4.69. The molecule has 0 radical (unpaired) electrons. The summed E-state index contributed by atoms with van der Waals surface area (Å²) in [6.45, 7) is 6.06. The number of likely N-dealkylation sites (tertiary alicyclic amines) is 1. The number of ether oxygens (including phenoxy) is 1. The monoisotopic (exact) mass is 559 g/mol. The minimum absolute atomic E-state index is 0. The number of piperidine rings is 1. The maximum atomic E-state index is 9.77. The van der Waals surface area contributed by atoms with Crippen LogP contribution >= 0.6 is 24.8 Å². The second-order valence-electron chi connectivity index (χ2n) is 9.07. The molecule has 204 valence electrons. The van der Waals surface area contributed by atoms with Crippen LogP contribution in [0.25, 0.3) is 28.2 Å². The van der Waals surface area contributed by atoms with Gasteiger partial charge in [0.25, 0.3) is 0 Å². The average molecular weight is 561 g/mol. The fraction of sp³-hybridized carbons (Fsp3) is 0.276. The molecule has 0 atom stereocenters. The minimum Gasteiger partial charge on any atom is -0.508 e. The Balaban J connectivity index is 0.00000169. The number of benzene rings is 3. The fourth-order valence-corrected chi connectivity index (χ4v) is 4.69. The number of nitrogens with zero attached hydrogens (tertiary/aromatic N) is 3. The quantitative estimate of drug-likeness (QED) is 0.297. The van der Waals surface area contributed by atoms with Crippen molar-refractivity contribution in [2.24, 2.45) is 0 Å². The maximum Gasteiger partial charge on any atom is 0.119 e. The van der Waals surface area contributed by atoms with Gasteiger partial charge in [-0.15, -0.1) is 24.8 Å². The molecule has 1 saturated heterocycles. The highest BCUT2D eigenvalue weighted by Gasteiger charge is 2.19. The number of rotatable bonds is 7. The van der Waals surface area contributed by atoms with E-state index in [1.54, 1.807) is 24.3 Å². The summed E-state index contributed by atoms with van der Waals surface area (Å²) in [4.78, 5) is 2.47. The van der Waals surface area contributed by atoms with Crippen LogP contribution in [0, 0.1) is 6.92 Å². The molecule has 4 N–H and O–H groups in total. The van der Waals surface area contributed by atoms with E-state index in [0.717, 1.165) is 46.1 Å². The van der Waals surface area contributed by atoms with E-state index in [-0.39, 0.29) is 41.8 Å². The van der Waals surface area contributed by atoms with Gasteiger partial charge in [-0.2, -0.15) is 5.10 Å². The van der Waals surface area contributed by atoms with Crippen molar-refractivity contribution < 1.29 is 20.4 Å². The summed E-state index contributed by atoms with van der Waals surface area (Å²) in [5, 5.41) is 24.4. The van der Waals surface area contributed by atoms with Crippen LogP contribution in [0.15, 0.2) is 72.8 Å². The second-order valence-corrected chi connectivity index (χ2v) is 9.07. The van der Waals surface area contributed by atoms with E-state index in [2.05, 4.69) is 24.0 Å². The summed E-state index contributed by atoms with van der Waals surface area (Å²) in [7, 11) is 0. The number of halogens is 2. The van der Waals surface area contributed by atoms with Gasteiger partial charge in [0.2, 0.25) is 0 Å². The first kappa shape index (κ1) is 31.0. The van der Waals surface area contributed by atoms with Gasteiger partial charge < -0.3 is 20.4 Å². The molecular weight excluding hydrogens is 525 g/mol. The van der Waals surface area contributed by atoms with E-state index in [9.17, 15) is 10.2 Å². The number of hydrogen-bond donors (Lipinski definition) is 2. The molecule has 0 amide bonds. The van der Waals surface area contributed by atoms with E-state index in [1.165, 1.54) is 32.4 Å². The number of phenols is 2. The van der Waals surface area contributed by atoms with E-state index < -0.39 is 0 Å². The Morgan fingerprint density at radius 3 is 1.92 bits per heavy atom. The normalized spacial score (nSPS) is 13.1. The number of phenolic OH excluding ortho intramolecular Hbond substituents is 2.